The van der Waals surface area contributed by atoms with Gasteiger partial charge in [0.1, 0.15) is 5.75 Å². The number of carbonyl (C=O) groups is 1. The number of hydrogen-bond donors (Lipinski definition) is 3. The molecule has 4 aromatic rings. The molecule has 1 aliphatic carbocycles. The van der Waals surface area contributed by atoms with Crippen molar-refractivity contribution in [3.8, 4) is 16.9 Å². The normalized spacial score (nSPS) is 14.5. The maximum atomic E-state index is 11.7. The van der Waals surface area contributed by atoms with Gasteiger partial charge in [-0.15, -0.1) is 11.3 Å². The summed E-state index contributed by atoms with van der Waals surface area (Å²) in [6, 6.07) is 23.2. The maximum Gasteiger partial charge on any atom is 0.355 e. The number of primary sulfonamides is 1. The van der Waals surface area contributed by atoms with Crippen molar-refractivity contribution in [2.24, 2.45) is 21.8 Å². The minimum absolute atomic E-state index is 0.0386. The summed E-state index contributed by atoms with van der Waals surface area (Å²) in [5.41, 5.74) is 10.2. The number of aliphatic imine (C=N–C) groups is 1. The van der Waals surface area contributed by atoms with Gasteiger partial charge in [0, 0.05) is 16.9 Å². The second kappa shape index (κ2) is 10.8. The van der Waals surface area contributed by atoms with E-state index < -0.39 is 16.0 Å². The highest BCUT2D eigenvalue weighted by Crippen LogP contribution is 2.38. The topological polar surface area (TPSA) is 158 Å². The molecule has 39 heavy (non-hydrogen) atoms. The zero-order chi connectivity index (χ0) is 27.6. The standard InChI is InChI=1S/C28H24N4O5S2/c29-24(20-8-4-7-19(15-20)17-5-2-1-3-6-17)26(37-21-11-13-22(14-12-21)39(30,35)36)25(18-9-10-18)32-28-31-23(16-38-28)27(33)34/h1-8,11-16,18H,9-10,29H2,(H,33,34)(H2,30,35,36). The molecule has 1 heterocycles. The molecule has 1 aliphatic rings. The lowest BCUT2D eigenvalue weighted by molar-refractivity contribution is 0.0691. The number of aromatic nitrogens is 1. The molecule has 0 atom stereocenters. The maximum absolute atomic E-state index is 11.7. The quantitative estimate of drug-likeness (QED) is 0.191. The number of sulfonamides is 1. The zero-order valence-corrected chi connectivity index (χ0v) is 22.2. The van der Waals surface area contributed by atoms with E-state index in [1.54, 1.807) is 0 Å². The molecule has 9 nitrogen and oxygen atoms in total. The highest BCUT2D eigenvalue weighted by molar-refractivity contribution is 7.89. The monoisotopic (exact) mass is 560 g/mol. The Hall–Kier alpha value is -4.32. The Morgan fingerprint density at radius 1 is 1.00 bits per heavy atom. The molecule has 0 amide bonds. The molecule has 198 valence electrons. The predicted octanol–water partition coefficient (Wildman–Crippen LogP) is 5.04. The molecular formula is C28H24N4O5S2. The van der Waals surface area contributed by atoms with Gasteiger partial charge in [-0.2, -0.15) is 0 Å². The molecule has 0 saturated heterocycles. The minimum atomic E-state index is -3.87. The van der Waals surface area contributed by atoms with Crippen molar-refractivity contribution >= 4 is 43.9 Å². The third-order valence-electron chi connectivity index (χ3n) is 6.02. The first kappa shape index (κ1) is 26.3. The molecule has 0 radical (unpaired) electrons. The third kappa shape index (κ3) is 6.23. The van der Waals surface area contributed by atoms with Crippen LogP contribution in [0.4, 0.5) is 5.13 Å². The third-order valence-corrected chi connectivity index (χ3v) is 7.69. The Morgan fingerprint density at radius 2 is 1.69 bits per heavy atom. The molecule has 0 unspecified atom stereocenters. The number of ether oxygens (including phenoxy) is 1. The molecule has 0 aliphatic heterocycles. The first-order valence-electron chi connectivity index (χ1n) is 11.9. The summed E-state index contributed by atoms with van der Waals surface area (Å²) in [4.78, 5) is 20.1. The lowest BCUT2D eigenvalue weighted by atomic mass is 10.0. The fourth-order valence-electron chi connectivity index (χ4n) is 3.89. The van der Waals surface area contributed by atoms with E-state index in [9.17, 15) is 18.3 Å². The number of allylic oxidation sites excluding steroid dienone is 1. The number of benzene rings is 3. The Kier molecular flexibility index (Phi) is 7.29. The fourth-order valence-corrected chi connectivity index (χ4v) is 5.08. The molecule has 3 aromatic carbocycles. The molecule has 5 N–H and O–H groups in total. The van der Waals surface area contributed by atoms with E-state index >= 15 is 0 Å². The van der Waals surface area contributed by atoms with Crippen LogP contribution in [-0.4, -0.2) is 30.2 Å². The Balaban J connectivity index is 1.62. The van der Waals surface area contributed by atoms with Crippen LogP contribution in [-0.2, 0) is 10.0 Å². The fraction of sp³-hybridized carbons (Fsp3) is 0.107. The number of carboxylic acids is 1. The van der Waals surface area contributed by atoms with Gasteiger partial charge in [0.15, 0.2) is 11.5 Å². The number of thiazole rings is 1. The van der Waals surface area contributed by atoms with Gasteiger partial charge in [-0.05, 0) is 54.3 Å². The van der Waals surface area contributed by atoms with Gasteiger partial charge in [0.2, 0.25) is 15.2 Å². The highest BCUT2D eigenvalue weighted by Gasteiger charge is 2.33. The first-order chi connectivity index (χ1) is 18.7. The van der Waals surface area contributed by atoms with Crippen LogP contribution >= 0.6 is 11.3 Å². The largest absolute Gasteiger partial charge is 0.476 e. The van der Waals surface area contributed by atoms with E-state index in [0.717, 1.165) is 35.3 Å². The van der Waals surface area contributed by atoms with Crippen LogP contribution in [0.15, 0.2) is 99.9 Å². The van der Waals surface area contributed by atoms with Crippen molar-refractivity contribution in [3.05, 3.63) is 101 Å². The summed E-state index contributed by atoms with van der Waals surface area (Å²) in [6.45, 7) is 0. The van der Waals surface area contributed by atoms with Crippen LogP contribution in [0.25, 0.3) is 16.8 Å². The number of nitrogens with two attached hydrogens (primary N) is 2. The number of rotatable bonds is 9. The van der Waals surface area contributed by atoms with Gasteiger partial charge >= 0.3 is 5.97 Å². The molecule has 0 bridgehead atoms. The van der Waals surface area contributed by atoms with Crippen molar-refractivity contribution < 1.29 is 23.1 Å². The number of carboxylic acid groups (broad SMARTS) is 1. The van der Waals surface area contributed by atoms with Crippen molar-refractivity contribution in [1.29, 1.82) is 0 Å². The van der Waals surface area contributed by atoms with Crippen LogP contribution in [0.5, 0.6) is 5.75 Å². The lowest BCUT2D eigenvalue weighted by Crippen LogP contribution is -2.18. The van der Waals surface area contributed by atoms with Crippen LogP contribution < -0.4 is 15.6 Å². The lowest BCUT2D eigenvalue weighted by Gasteiger charge is -2.17. The molecule has 1 aromatic heterocycles. The van der Waals surface area contributed by atoms with Crippen LogP contribution in [0.3, 0.4) is 0 Å². The average molecular weight is 561 g/mol. The summed E-state index contributed by atoms with van der Waals surface area (Å²) in [5.74, 6) is -0.479. The van der Waals surface area contributed by atoms with Crippen molar-refractivity contribution in [1.82, 2.24) is 4.98 Å². The second-order valence-electron chi connectivity index (χ2n) is 8.90. The molecule has 1 fully saturated rings. The number of nitrogens with zero attached hydrogens (tertiary/aromatic N) is 2. The van der Waals surface area contributed by atoms with E-state index in [2.05, 4.69) is 9.98 Å². The van der Waals surface area contributed by atoms with Gasteiger partial charge in [0.05, 0.1) is 16.3 Å². The molecule has 1 saturated carbocycles. The second-order valence-corrected chi connectivity index (χ2v) is 11.3. The zero-order valence-electron chi connectivity index (χ0n) is 20.5. The average Bonchev–Trinajstić information content (AvgIpc) is 3.67. The number of aromatic carboxylic acids is 1. The summed E-state index contributed by atoms with van der Waals surface area (Å²) in [5, 5.41) is 16.2. The van der Waals surface area contributed by atoms with Crippen LogP contribution in [0.1, 0.15) is 28.9 Å². The first-order valence-corrected chi connectivity index (χ1v) is 14.4. The summed E-state index contributed by atoms with van der Waals surface area (Å²) >= 11 is 1.11. The van der Waals surface area contributed by atoms with Gasteiger partial charge < -0.3 is 15.6 Å². The van der Waals surface area contributed by atoms with Crippen molar-refractivity contribution in [2.45, 2.75) is 17.7 Å². The van der Waals surface area contributed by atoms with Crippen molar-refractivity contribution in [2.75, 3.05) is 0 Å². The van der Waals surface area contributed by atoms with Gasteiger partial charge in [-0.25, -0.2) is 28.3 Å². The Labute approximate surface area is 229 Å². The highest BCUT2D eigenvalue weighted by atomic mass is 32.2. The predicted molar refractivity (Wildman–Crippen MR) is 150 cm³/mol. The van der Waals surface area contributed by atoms with E-state index in [0.29, 0.717) is 22.7 Å². The summed E-state index contributed by atoms with van der Waals surface area (Å²) < 4.78 is 29.7. The summed E-state index contributed by atoms with van der Waals surface area (Å²) in [7, 11) is -3.87. The Morgan fingerprint density at radius 3 is 2.31 bits per heavy atom. The SMILES string of the molecule is NC(=C(Oc1ccc(S(N)(=O)=O)cc1)C(=Nc1nc(C(=O)O)cs1)C1CC1)c1cccc(-c2ccccc2)c1. The molecule has 0 spiro atoms. The van der Waals surface area contributed by atoms with E-state index in [1.165, 1.54) is 29.6 Å². The summed E-state index contributed by atoms with van der Waals surface area (Å²) in [6.07, 6.45) is 1.70. The van der Waals surface area contributed by atoms with E-state index in [4.69, 9.17) is 15.6 Å². The Bertz CT molecular complexity index is 1690. The van der Waals surface area contributed by atoms with Gasteiger partial charge in [0.25, 0.3) is 0 Å². The minimum Gasteiger partial charge on any atom is -0.476 e. The molecule has 5 rings (SSSR count). The van der Waals surface area contributed by atoms with Crippen LogP contribution in [0.2, 0.25) is 0 Å². The molecular weight excluding hydrogens is 536 g/mol. The van der Waals surface area contributed by atoms with Gasteiger partial charge in [-0.1, -0.05) is 48.5 Å². The molecule has 11 heteroatoms. The number of hydrogen-bond acceptors (Lipinski definition) is 8. The van der Waals surface area contributed by atoms with E-state index in [-0.39, 0.29) is 27.4 Å². The van der Waals surface area contributed by atoms with E-state index in [1.807, 2.05) is 54.6 Å². The van der Waals surface area contributed by atoms with Gasteiger partial charge in [-0.3, -0.25) is 0 Å². The smallest absolute Gasteiger partial charge is 0.355 e. The van der Waals surface area contributed by atoms with Crippen LogP contribution in [0, 0.1) is 5.92 Å². The van der Waals surface area contributed by atoms with Crippen molar-refractivity contribution in [3.63, 3.8) is 0 Å².